The third-order valence-electron chi connectivity index (χ3n) is 4.32. The zero-order chi connectivity index (χ0) is 18.2. The van der Waals surface area contributed by atoms with Gasteiger partial charge in [-0.3, -0.25) is 4.79 Å². The Morgan fingerprint density at radius 3 is 2.64 bits per heavy atom. The third-order valence-corrected chi connectivity index (χ3v) is 4.32. The molecule has 25 heavy (non-hydrogen) atoms. The first-order valence-corrected chi connectivity index (χ1v) is 8.93. The van der Waals surface area contributed by atoms with E-state index in [9.17, 15) is 9.59 Å². The summed E-state index contributed by atoms with van der Waals surface area (Å²) in [7, 11) is 1.74. The van der Waals surface area contributed by atoms with Crippen molar-refractivity contribution in [2.75, 3.05) is 39.8 Å². The average molecular weight is 347 g/mol. The maximum absolute atomic E-state index is 12.1. The first-order chi connectivity index (χ1) is 12.0. The Morgan fingerprint density at radius 1 is 1.24 bits per heavy atom. The fraction of sp³-hybridized carbons (Fsp3) is 0.579. The highest BCUT2D eigenvalue weighted by Gasteiger charge is 2.17. The molecule has 0 saturated carbocycles. The number of piperidine rings is 1. The lowest BCUT2D eigenvalue weighted by Crippen LogP contribution is -2.44. The van der Waals surface area contributed by atoms with E-state index in [1.807, 2.05) is 30.9 Å². The van der Waals surface area contributed by atoms with Crippen LogP contribution in [-0.4, -0.2) is 61.6 Å². The Bertz CT molecular complexity index is 583. The molecule has 2 rings (SSSR count). The number of amides is 3. The Kier molecular flexibility index (Phi) is 7.10. The molecule has 0 atom stereocenters. The van der Waals surface area contributed by atoms with Crippen LogP contribution in [0.2, 0.25) is 0 Å². The minimum Gasteiger partial charge on any atom is -0.492 e. The number of likely N-dealkylation sites (tertiary alicyclic amines) is 1. The predicted molar refractivity (Wildman–Crippen MR) is 97.9 cm³/mol. The zero-order valence-electron chi connectivity index (χ0n) is 15.5. The van der Waals surface area contributed by atoms with Crippen molar-refractivity contribution in [3.8, 4) is 5.75 Å². The number of nitrogens with one attached hydrogen (secondary N) is 1. The maximum Gasteiger partial charge on any atom is 0.317 e. The van der Waals surface area contributed by atoms with Crippen LogP contribution in [0.5, 0.6) is 5.75 Å². The van der Waals surface area contributed by atoms with E-state index in [0.29, 0.717) is 32.7 Å². The SMILES string of the molecule is Cc1cc(C)cc(OCCN(C)C(=O)NCCN2CCCCC2=O)c1. The van der Waals surface area contributed by atoms with Crippen LogP contribution in [0.4, 0.5) is 4.79 Å². The molecule has 1 aliphatic rings. The van der Waals surface area contributed by atoms with Gasteiger partial charge in [0.1, 0.15) is 12.4 Å². The van der Waals surface area contributed by atoms with E-state index in [4.69, 9.17) is 4.74 Å². The first-order valence-electron chi connectivity index (χ1n) is 8.93. The lowest BCUT2D eigenvalue weighted by molar-refractivity contribution is -0.133. The lowest BCUT2D eigenvalue weighted by atomic mass is 10.1. The van der Waals surface area contributed by atoms with Crippen molar-refractivity contribution in [2.45, 2.75) is 33.1 Å². The number of benzene rings is 1. The second-order valence-corrected chi connectivity index (χ2v) is 6.66. The number of carbonyl (C=O) groups is 2. The summed E-state index contributed by atoms with van der Waals surface area (Å²) in [6.45, 7) is 6.87. The molecule has 1 aliphatic heterocycles. The van der Waals surface area contributed by atoms with E-state index < -0.39 is 0 Å². The van der Waals surface area contributed by atoms with Gasteiger partial charge in [0.25, 0.3) is 0 Å². The van der Waals surface area contributed by atoms with Gasteiger partial charge < -0.3 is 19.9 Å². The maximum atomic E-state index is 12.1. The van der Waals surface area contributed by atoms with Gasteiger partial charge in [0, 0.05) is 33.1 Å². The van der Waals surface area contributed by atoms with Crippen molar-refractivity contribution >= 4 is 11.9 Å². The van der Waals surface area contributed by atoms with Crippen LogP contribution >= 0.6 is 0 Å². The molecule has 6 nitrogen and oxygen atoms in total. The molecule has 1 aromatic rings. The molecule has 3 amide bonds. The predicted octanol–water partition coefficient (Wildman–Crippen LogP) is 2.34. The zero-order valence-corrected chi connectivity index (χ0v) is 15.5. The average Bonchev–Trinajstić information content (AvgIpc) is 2.55. The molecular formula is C19H29N3O3. The quantitative estimate of drug-likeness (QED) is 0.823. The molecule has 0 unspecified atom stereocenters. The van der Waals surface area contributed by atoms with Crippen LogP contribution in [0.15, 0.2) is 18.2 Å². The van der Waals surface area contributed by atoms with E-state index >= 15 is 0 Å². The van der Waals surface area contributed by atoms with Gasteiger partial charge in [0.2, 0.25) is 5.91 Å². The molecule has 6 heteroatoms. The lowest BCUT2D eigenvalue weighted by Gasteiger charge is -2.27. The van der Waals surface area contributed by atoms with E-state index in [1.165, 1.54) is 0 Å². The normalized spacial score (nSPS) is 14.4. The van der Waals surface area contributed by atoms with Crippen molar-refractivity contribution in [1.82, 2.24) is 15.1 Å². The van der Waals surface area contributed by atoms with Gasteiger partial charge in [-0.2, -0.15) is 0 Å². The second-order valence-electron chi connectivity index (χ2n) is 6.66. The molecule has 138 valence electrons. The number of carbonyl (C=O) groups excluding carboxylic acids is 2. The molecule has 1 heterocycles. The van der Waals surface area contributed by atoms with Crippen molar-refractivity contribution in [3.05, 3.63) is 29.3 Å². The van der Waals surface area contributed by atoms with Gasteiger partial charge >= 0.3 is 6.03 Å². The Labute approximate surface area is 150 Å². The number of likely N-dealkylation sites (N-methyl/N-ethyl adjacent to an activating group) is 1. The van der Waals surface area contributed by atoms with Gasteiger partial charge in [-0.1, -0.05) is 6.07 Å². The van der Waals surface area contributed by atoms with Gasteiger partial charge in [-0.05, 0) is 49.9 Å². The highest BCUT2D eigenvalue weighted by atomic mass is 16.5. The highest BCUT2D eigenvalue weighted by Crippen LogP contribution is 2.16. The third kappa shape index (κ3) is 6.29. The number of rotatable bonds is 7. The number of aryl methyl sites for hydroxylation is 2. The topological polar surface area (TPSA) is 61.9 Å². The van der Waals surface area contributed by atoms with Crippen LogP contribution in [0.25, 0.3) is 0 Å². The van der Waals surface area contributed by atoms with Crippen molar-refractivity contribution in [3.63, 3.8) is 0 Å². The van der Waals surface area contributed by atoms with Crippen LogP contribution in [0.1, 0.15) is 30.4 Å². The first kappa shape index (κ1) is 19.1. The molecule has 0 radical (unpaired) electrons. The molecule has 1 N–H and O–H groups in total. The minimum absolute atomic E-state index is 0.145. The number of nitrogens with zero attached hydrogens (tertiary/aromatic N) is 2. The molecular weight excluding hydrogens is 318 g/mol. The van der Waals surface area contributed by atoms with E-state index in [1.54, 1.807) is 11.9 Å². The number of urea groups is 1. The summed E-state index contributed by atoms with van der Waals surface area (Å²) in [5, 5.41) is 2.85. The Balaban J connectivity index is 1.65. The van der Waals surface area contributed by atoms with Crippen LogP contribution in [0, 0.1) is 13.8 Å². The summed E-state index contributed by atoms with van der Waals surface area (Å²) in [5.74, 6) is 1.02. The van der Waals surface area contributed by atoms with Gasteiger partial charge in [0.05, 0.1) is 6.54 Å². The standard InChI is InChI=1S/C19H29N3O3/c1-15-12-16(2)14-17(13-15)25-11-10-21(3)19(24)20-7-9-22-8-5-4-6-18(22)23/h12-14H,4-11H2,1-3H3,(H,20,24). The largest absolute Gasteiger partial charge is 0.492 e. The fourth-order valence-corrected chi connectivity index (χ4v) is 2.95. The number of hydrogen-bond acceptors (Lipinski definition) is 3. The molecule has 0 spiro atoms. The van der Waals surface area contributed by atoms with E-state index in [2.05, 4.69) is 11.4 Å². The minimum atomic E-state index is -0.145. The van der Waals surface area contributed by atoms with Gasteiger partial charge in [0.15, 0.2) is 0 Å². The summed E-state index contributed by atoms with van der Waals surface area (Å²) in [6, 6.07) is 5.93. The van der Waals surface area contributed by atoms with E-state index in [0.717, 1.165) is 36.3 Å². The monoisotopic (exact) mass is 347 g/mol. The van der Waals surface area contributed by atoms with Crippen molar-refractivity contribution in [1.29, 1.82) is 0 Å². The van der Waals surface area contributed by atoms with Crippen molar-refractivity contribution in [2.24, 2.45) is 0 Å². The number of ether oxygens (including phenoxy) is 1. The summed E-state index contributed by atoms with van der Waals surface area (Å²) in [4.78, 5) is 27.2. The van der Waals surface area contributed by atoms with Crippen molar-refractivity contribution < 1.29 is 14.3 Å². The molecule has 0 bridgehead atoms. The molecule has 1 aromatic carbocycles. The second kappa shape index (κ2) is 9.30. The molecule has 1 saturated heterocycles. The summed E-state index contributed by atoms with van der Waals surface area (Å²) >= 11 is 0. The van der Waals surface area contributed by atoms with Crippen LogP contribution in [0.3, 0.4) is 0 Å². The highest BCUT2D eigenvalue weighted by molar-refractivity contribution is 5.77. The molecule has 0 aromatic heterocycles. The molecule has 0 aliphatic carbocycles. The van der Waals surface area contributed by atoms with E-state index in [-0.39, 0.29) is 11.9 Å². The summed E-state index contributed by atoms with van der Waals surface area (Å²) < 4.78 is 5.73. The van der Waals surface area contributed by atoms with Gasteiger partial charge in [-0.15, -0.1) is 0 Å². The molecule has 1 fully saturated rings. The number of hydrogen-bond donors (Lipinski definition) is 1. The fourth-order valence-electron chi connectivity index (χ4n) is 2.95. The Morgan fingerprint density at radius 2 is 1.96 bits per heavy atom. The summed E-state index contributed by atoms with van der Waals surface area (Å²) in [5.41, 5.74) is 2.32. The van der Waals surface area contributed by atoms with Gasteiger partial charge in [-0.25, -0.2) is 4.79 Å². The summed E-state index contributed by atoms with van der Waals surface area (Å²) in [6.07, 6.45) is 2.66. The van der Waals surface area contributed by atoms with Crippen LogP contribution in [-0.2, 0) is 4.79 Å². The smallest absolute Gasteiger partial charge is 0.317 e. The Hall–Kier alpha value is -2.24. The van der Waals surface area contributed by atoms with Crippen LogP contribution < -0.4 is 10.1 Å².